The number of anilines is 1. The van der Waals surface area contributed by atoms with Gasteiger partial charge in [-0.05, 0) is 17.5 Å². The van der Waals surface area contributed by atoms with Crippen LogP contribution in [-0.4, -0.2) is 10.8 Å². The molecule has 0 atom stereocenters. The van der Waals surface area contributed by atoms with Gasteiger partial charge in [0.25, 0.3) is 0 Å². The lowest BCUT2D eigenvalue weighted by atomic mass is 9.98. The molecular formula is C15H15ClN2O. The average Bonchev–Trinajstić information content (AvgIpc) is 2.41. The van der Waals surface area contributed by atoms with E-state index in [-0.39, 0.29) is 11.6 Å². The number of nitrogen functional groups attached to an aromatic ring is 1. The van der Waals surface area contributed by atoms with Gasteiger partial charge in [0.2, 0.25) is 0 Å². The maximum Gasteiger partial charge on any atom is 0.196 e. The first-order valence-electron chi connectivity index (χ1n) is 6.04. The number of halogens is 1. The number of benzene rings is 1. The summed E-state index contributed by atoms with van der Waals surface area (Å²) < 4.78 is 0. The van der Waals surface area contributed by atoms with E-state index in [4.69, 9.17) is 17.3 Å². The lowest BCUT2D eigenvalue weighted by molar-refractivity contribution is 0.103. The maximum atomic E-state index is 12.3. The lowest BCUT2D eigenvalue weighted by Crippen LogP contribution is -2.07. The number of hydrogen-bond donors (Lipinski definition) is 1. The van der Waals surface area contributed by atoms with Crippen molar-refractivity contribution in [1.82, 2.24) is 4.98 Å². The van der Waals surface area contributed by atoms with Gasteiger partial charge in [-0.2, -0.15) is 0 Å². The molecule has 98 valence electrons. The number of rotatable bonds is 3. The zero-order chi connectivity index (χ0) is 14.0. The third-order valence-electron chi connectivity index (χ3n) is 2.97. The van der Waals surface area contributed by atoms with Crippen LogP contribution in [0.25, 0.3) is 0 Å². The van der Waals surface area contributed by atoms with Crippen LogP contribution in [0.2, 0.25) is 5.02 Å². The van der Waals surface area contributed by atoms with Crippen LogP contribution in [0.15, 0.2) is 36.5 Å². The molecule has 1 heterocycles. The van der Waals surface area contributed by atoms with Crippen molar-refractivity contribution >= 4 is 23.2 Å². The summed E-state index contributed by atoms with van der Waals surface area (Å²) in [5.74, 6) is 0.465. The zero-order valence-electron chi connectivity index (χ0n) is 10.9. The molecule has 0 aliphatic heterocycles. The van der Waals surface area contributed by atoms with Gasteiger partial charge in [0.1, 0.15) is 5.82 Å². The molecule has 0 saturated heterocycles. The monoisotopic (exact) mass is 274 g/mol. The molecule has 0 aliphatic rings. The van der Waals surface area contributed by atoms with Gasteiger partial charge in [-0.1, -0.05) is 49.7 Å². The fraction of sp³-hybridized carbons (Fsp3) is 0.200. The summed E-state index contributed by atoms with van der Waals surface area (Å²) >= 11 is 5.84. The fourth-order valence-electron chi connectivity index (χ4n) is 1.81. The number of carbonyl (C=O) groups is 1. The number of nitrogens with two attached hydrogens (primary N) is 1. The molecule has 0 fully saturated rings. The molecule has 2 N–H and O–H groups in total. The predicted octanol–water partition coefficient (Wildman–Crippen LogP) is 3.67. The van der Waals surface area contributed by atoms with Crippen molar-refractivity contribution in [1.29, 1.82) is 0 Å². The van der Waals surface area contributed by atoms with E-state index >= 15 is 0 Å². The average molecular weight is 275 g/mol. The normalized spacial score (nSPS) is 10.7. The minimum atomic E-state index is -0.164. The Morgan fingerprint density at radius 2 is 1.89 bits per heavy atom. The highest BCUT2D eigenvalue weighted by Crippen LogP contribution is 2.20. The van der Waals surface area contributed by atoms with E-state index in [1.54, 1.807) is 18.2 Å². The Kier molecular flexibility index (Phi) is 3.86. The second-order valence-electron chi connectivity index (χ2n) is 4.69. The van der Waals surface area contributed by atoms with Crippen molar-refractivity contribution in [3.05, 3.63) is 58.2 Å². The van der Waals surface area contributed by atoms with E-state index in [2.05, 4.69) is 18.8 Å². The van der Waals surface area contributed by atoms with Crippen molar-refractivity contribution < 1.29 is 4.79 Å². The standard InChI is InChI=1S/C15H15ClN2O/c1-9(2)10-3-5-11(6-4-10)14(19)13-7-12(16)8-18-15(13)17/h3-9H,1-2H3,(H2,17,18). The van der Waals surface area contributed by atoms with Crippen LogP contribution in [0.3, 0.4) is 0 Å². The van der Waals surface area contributed by atoms with Crippen molar-refractivity contribution in [2.24, 2.45) is 0 Å². The molecule has 4 heteroatoms. The Balaban J connectivity index is 2.36. The summed E-state index contributed by atoms with van der Waals surface area (Å²) in [5, 5.41) is 0.399. The second kappa shape index (κ2) is 5.41. The first-order chi connectivity index (χ1) is 8.99. The molecule has 1 aromatic carbocycles. The first kappa shape index (κ1) is 13.6. The van der Waals surface area contributed by atoms with E-state index in [9.17, 15) is 4.79 Å². The van der Waals surface area contributed by atoms with Gasteiger partial charge in [-0.25, -0.2) is 4.98 Å². The minimum Gasteiger partial charge on any atom is -0.383 e. The summed E-state index contributed by atoms with van der Waals surface area (Å²) in [7, 11) is 0. The van der Waals surface area contributed by atoms with Gasteiger partial charge >= 0.3 is 0 Å². The van der Waals surface area contributed by atoms with Gasteiger partial charge in [0.15, 0.2) is 5.78 Å². The summed E-state index contributed by atoms with van der Waals surface area (Å²) in [6.45, 7) is 4.21. The van der Waals surface area contributed by atoms with Crippen LogP contribution in [0.5, 0.6) is 0 Å². The summed E-state index contributed by atoms with van der Waals surface area (Å²) in [5.41, 5.74) is 7.83. The number of carbonyl (C=O) groups excluding carboxylic acids is 1. The predicted molar refractivity (Wildman–Crippen MR) is 77.6 cm³/mol. The topological polar surface area (TPSA) is 56.0 Å². The largest absolute Gasteiger partial charge is 0.383 e. The molecule has 0 bridgehead atoms. The molecular weight excluding hydrogens is 260 g/mol. The van der Waals surface area contributed by atoms with Crippen LogP contribution < -0.4 is 5.73 Å². The van der Waals surface area contributed by atoms with E-state index in [0.717, 1.165) is 0 Å². The van der Waals surface area contributed by atoms with E-state index < -0.39 is 0 Å². The Morgan fingerprint density at radius 3 is 2.47 bits per heavy atom. The van der Waals surface area contributed by atoms with Crippen LogP contribution in [-0.2, 0) is 0 Å². The Bertz CT molecular complexity index is 606. The van der Waals surface area contributed by atoms with Crippen molar-refractivity contribution in [3.8, 4) is 0 Å². The molecule has 3 nitrogen and oxygen atoms in total. The van der Waals surface area contributed by atoms with E-state index in [1.165, 1.54) is 11.8 Å². The van der Waals surface area contributed by atoms with Gasteiger partial charge in [0.05, 0.1) is 10.6 Å². The second-order valence-corrected chi connectivity index (χ2v) is 5.13. The molecule has 0 amide bonds. The van der Waals surface area contributed by atoms with Crippen LogP contribution in [0.1, 0.15) is 41.3 Å². The van der Waals surface area contributed by atoms with Crippen LogP contribution in [0, 0.1) is 0 Å². The third-order valence-corrected chi connectivity index (χ3v) is 3.18. The van der Waals surface area contributed by atoms with Crippen molar-refractivity contribution in [2.45, 2.75) is 19.8 Å². The maximum absolute atomic E-state index is 12.3. The van der Waals surface area contributed by atoms with E-state index in [0.29, 0.717) is 22.1 Å². The van der Waals surface area contributed by atoms with Crippen LogP contribution in [0.4, 0.5) is 5.82 Å². The first-order valence-corrected chi connectivity index (χ1v) is 6.42. The molecule has 0 unspecified atom stereocenters. The fourth-order valence-corrected chi connectivity index (χ4v) is 1.96. The zero-order valence-corrected chi connectivity index (χ0v) is 11.6. The summed E-state index contributed by atoms with van der Waals surface area (Å²) in [6.07, 6.45) is 1.43. The highest BCUT2D eigenvalue weighted by molar-refractivity contribution is 6.31. The number of ketones is 1. The molecule has 0 aliphatic carbocycles. The SMILES string of the molecule is CC(C)c1ccc(C(=O)c2cc(Cl)cnc2N)cc1. The third kappa shape index (κ3) is 2.93. The number of nitrogens with zero attached hydrogens (tertiary/aromatic N) is 1. The quantitative estimate of drug-likeness (QED) is 0.869. The summed E-state index contributed by atoms with van der Waals surface area (Å²) in [6, 6.07) is 9.05. The molecule has 0 spiro atoms. The highest BCUT2D eigenvalue weighted by Gasteiger charge is 2.14. The van der Waals surface area contributed by atoms with E-state index in [1.807, 2.05) is 12.1 Å². The molecule has 2 rings (SSSR count). The molecule has 19 heavy (non-hydrogen) atoms. The van der Waals surface area contributed by atoms with Gasteiger partial charge in [0, 0.05) is 11.8 Å². The Labute approximate surface area is 117 Å². The van der Waals surface area contributed by atoms with Crippen molar-refractivity contribution in [3.63, 3.8) is 0 Å². The highest BCUT2D eigenvalue weighted by atomic mass is 35.5. The Hall–Kier alpha value is -1.87. The number of aromatic nitrogens is 1. The number of pyridine rings is 1. The van der Waals surface area contributed by atoms with Gasteiger partial charge < -0.3 is 5.73 Å². The minimum absolute atomic E-state index is 0.164. The lowest BCUT2D eigenvalue weighted by Gasteiger charge is -2.07. The van der Waals surface area contributed by atoms with Gasteiger partial charge in [-0.15, -0.1) is 0 Å². The molecule has 0 saturated carbocycles. The van der Waals surface area contributed by atoms with Gasteiger partial charge in [-0.3, -0.25) is 4.79 Å². The number of hydrogen-bond acceptors (Lipinski definition) is 3. The molecule has 0 radical (unpaired) electrons. The molecule has 2 aromatic rings. The summed E-state index contributed by atoms with van der Waals surface area (Å²) in [4.78, 5) is 16.2. The Morgan fingerprint density at radius 1 is 1.26 bits per heavy atom. The molecule has 1 aromatic heterocycles. The van der Waals surface area contributed by atoms with Crippen LogP contribution >= 0.6 is 11.6 Å². The van der Waals surface area contributed by atoms with Crippen molar-refractivity contribution in [2.75, 3.05) is 5.73 Å². The smallest absolute Gasteiger partial charge is 0.196 e.